The van der Waals surface area contributed by atoms with Crippen molar-refractivity contribution < 1.29 is 9.53 Å². The molecule has 0 saturated heterocycles. The summed E-state index contributed by atoms with van der Waals surface area (Å²) in [5.41, 5.74) is -0.143. The van der Waals surface area contributed by atoms with Gasteiger partial charge in [0.2, 0.25) is 0 Å². The van der Waals surface area contributed by atoms with Gasteiger partial charge in [-0.25, -0.2) is 0 Å². The first-order valence-corrected chi connectivity index (χ1v) is 3.78. The van der Waals surface area contributed by atoms with E-state index in [0.29, 0.717) is 12.5 Å². The van der Waals surface area contributed by atoms with Gasteiger partial charge in [-0.3, -0.25) is 4.79 Å². The van der Waals surface area contributed by atoms with Gasteiger partial charge in [-0.15, -0.1) is 0 Å². The Balaban J connectivity index is 2.43. The molecule has 10 heavy (non-hydrogen) atoms. The quantitative estimate of drug-likeness (QED) is 0.547. The van der Waals surface area contributed by atoms with Gasteiger partial charge in [-0.1, -0.05) is 6.92 Å². The maximum atomic E-state index is 11.1. The molecule has 58 valence electrons. The van der Waals surface area contributed by atoms with Gasteiger partial charge in [-0.2, -0.15) is 0 Å². The van der Waals surface area contributed by atoms with Crippen LogP contribution in [0.25, 0.3) is 0 Å². The first-order valence-electron chi connectivity index (χ1n) is 3.78. The Morgan fingerprint density at radius 3 is 2.60 bits per heavy atom. The molecule has 2 nitrogen and oxygen atoms in total. The second-order valence-corrected chi connectivity index (χ2v) is 3.24. The summed E-state index contributed by atoms with van der Waals surface area (Å²) in [6, 6.07) is 0. The summed E-state index contributed by atoms with van der Waals surface area (Å²) in [7, 11) is 0. The summed E-state index contributed by atoms with van der Waals surface area (Å²) < 4.78 is 4.90. The van der Waals surface area contributed by atoms with Gasteiger partial charge in [0, 0.05) is 0 Å². The van der Waals surface area contributed by atoms with Gasteiger partial charge >= 0.3 is 5.97 Å². The summed E-state index contributed by atoms with van der Waals surface area (Å²) in [4.78, 5) is 11.1. The first kappa shape index (κ1) is 7.58. The Bertz CT molecular complexity index is 153. The molecule has 2 atom stereocenters. The lowest BCUT2D eigenvalue weighted by atomic mass is 10.1. The van der Waals surface area contributed by atoms with Crippen LogP contribution < -0.4 is 0 Å². The molecule has 0 aromatic rings. The fourth-order valence-electron chi connectivity index (χ4n) is 1.16. The van der Waals surface area contributed by atoms with E-state index in [1.165, 1.54) is 0 Å². The molecule has 1 aliphatic rings. The Morgan fingerprint density at radius 2 is 2.30 bits per heavy atom. The van der Waals surface area contributed by atoms with Crippen LogP contribution in [0.5, 0.6) is 0 Å². The number of esters is 1. The van der Waals surface area contributed by atoms with Crippen molar-refractivity contribution in [2.75, 3.05) is 6.61 Å². The maximum Gasteiger partial charge on any atom is 0.312 e. The summed E-state index contributed by atoms with van der Waals surface area (Å²) in [5, 5.41) is 0. The number of hydrogen-bond acceptors (Lipinski definition) is 2. The highest BCUT2D eigenvalue weighted by Crippen LogP contribution is 2.52. The highest BCUT2D eigenvalue weighted by atomic mass is 16.5. The fourth-order valence-corrected chi connectivity index (χ4v) is 1.16. The van der Waals surface area contributed by atoms with Crippen molar-refractivity contribution in [2.24, 2.45) is 11.3 Å². The predicted molar refractivity (Wildman–Crippen MR) is 38.5 cm³/mol. The van der Waals surface area contributed by atoms with Crippen molar-refractivity contribution in [1.29, 1.82) is 0 Å². The average Bonchev–Trinajstić information content (AvgIpc) is 2.43. The molecule has 0 spiro atoms. The van der Waals surface area contributed by atoms with Gasteiger partial charge in [0.05, 0.1) is 12.0 Å². The second kappa shape index (κ2) is 2.26. The minimum absolute atomic E-state index is 0.0255. The Labute approximate surface area is 61.6 Å². The molecule has 0 radical (unpaired) electrons. The van der Waals surface area contributed by atoms with E-state index in [2.05, 4.69) is 6.92 Å². The van der Waals surface area contributed by atoms with Crippen molar-refractivity contribution in [3.63, 3.8) is 0 Å². The zero-order chi connectivity index (χ0) is 7.78. The monoisotopic (exact) mass is 142 g/mol. The zero-order valence-corrected chi connectivity index (χ0v) is 6.81. The molecule has 1 unspecified atom stereocenters. The van der Waals surface area contributed by atoms with Gasteiger partial charge in [0.25, 0.3) is 0 Å². The second-order valence-electron chi connectivity index (χ2n) is 3.24. The van der Waals surface area contributed by atoms with Gasteiger partial charge in [0.15, 0.2) is 0 Å². The van der Waals surface area contributed by atoms with Crippen molar-refractivity contribution in [2.45, 2.75) is 27.2 Å². The van der Waals surface area contributed by atoms with Crippen LogP contribution in [-0.2, 0) is 9.53 Å². The van der Waals surface area contributed by atoms with Gasteiger partial charge in [0.1, 0.15) is 0 Å². The summed E-state index contributed by atoms with van der Waals surface area (Å²) in [6.07, 6.45) is 0.992. The lowest BCUT2D eigenvalue weighted by molar-refractivity contribution is -0.149. The predicted octanol–water partition coefficient (Wildman–Crippen LogP) is 1.60. The van der Waals surface area contributed by atoms with Crippen LogP contribution in [0.2, 0.25) is 0 Å². The molecule has 1 aliphatic carbocycles. The summed E-state index contributed by atoms with van der Waals surface area (Å²) in [5.74, 6) is 0.494. The van der Waals surface area contributed by atoms with Crippen LogP contribution in [0.3, 0.4) is 0 Å². The van der Waals surface area contributed by atoms with Crippen LogP contribution in [0.1, 0.15) is 27.2 Å². The van der Waals surface area contributed by atoms with Crippen molar-refractivity contribution >= 4 is 5.97 Å². The molecule has 0 bridgehead atoms. The summed E-state index contributed by atoms with van der Waals surface area (Å²) >= 11 is 0. The minimum Gasteiger partial charge on any atom is -0.466 e. The zero-order valence-electron chi connectivity index (χ0n) is 6.81. The van der Waals surface area contributed by atoms with Crippen LogP contribution in [-0.4, -0.2) is 12.6 Å². The molecule has 0 N–H and O–H groups in total. The third kappa shape index (κ3) is 1.02. The molecular weight excluding hydrogens is 128 g/mol. The molecular formula is C8H14O2. The molecule has 0 aliphatic heterocycles. The van der Waals surface area contributed by atoms with E-state index in [1.54, 1.807) is 0 Å². The molecule has 0 aromatic heterocycles. The van der Waals surface area contributed by atoms with Crippen LogP contribution in [0.4, 0.5) is 0 Å². The minimum atomic E-state index is -0.143. The smallest absolute Gasteiger partial charge is 0.312 e. The molecule has 0 heterocycles. The lowest BCUT2D eigenvalue weighted by Crippen LogP contribution is -2.17. The average molecular weight is 142 g/mol. The first-order chi connectivity index (χ1) is 4.61. The van der Waals surface area contributed by atoms with E-state index in [0.717, 1.165) is 6.42 Å². The fraction of sp³-hybridized carbons (Fsp3) is 0.875. The number of carbonyl (C=O) groups excluding carboxylic acids is 1. The normalized spacial score (nSPS) is 37.3. The van der Waals surface area contributed by atoms with Crippen molar-refractivity contribution in [3.8, 4) is 0 Å². The number of ether oxygens (including phenoxy) is 1. The maximum absolute atomic E-state index is 11.1. The molecule has 1 fully saturated rings. The van der Waals surface area contributed by atoms with E-state index < -0.39 is 0 Å². The van der Waals surface area contributed by atoms with Crippen molar-refractivity contribution in [3.05, 3.63) is 0 Å². The summed E-state index contributed by atoms with van der Waals surface area (Å²) in [6.45, 7) is 6.39. The number of rotatable bonds is 2. The lowest BCUT2D eigenvalue weighted by Gasteiger charge is -2.07. The van der Waals surface area contributed by atoms with E-state index in [-0.39, 0.29) is 11.4 Å². The molecule has 1 rings (SSSR count). The standard InChI is InChI=1S/C8H14O2/c1-4-10-7(9)8(3)5-6(8)2/h6H,4-5H2,1-3H3/t6?,8-/m0/s1. The molecule has 0 aromatic carbocycles. The van der Waals surface area contributed by atoms with Gasteiger partial charge < -0.3 is 4.74 Å². The SMILES string of the molecule is CCOC(=O)[C@@]1(C)CC1C. The Morgan fingerprint density at radius 1 is 1.80 bits per heavy atom. The molecule has 1 saturated carbocycles. The largest absolute Gasteiger partial charge is 0.466 e. The van der Waals surface area contributed by atoms with E-state index in [1.807, 2.05) is 13.8 Å². The third-order valence-electron chi connectivity index (χ3n) is 2.40. The number of carbonyl (C=O) groups is 1. The van der Waals surface area contributed by atoms with E-state index >= 15 is 0 Å². The van der Waals surface area contributed by atoms with Crippen molar-refractivity contribution in [1.82, 2.24) is 0 Å². The van der Waals surface area contributed by atoms with Crippen LogP contribution >= 0.6 is 0 Å². The topological polar surface area (TPSA) is 26.3 Å². The van der Waals surface area contributed by atoms with Crippen LogP contribution in [0.15, 0.2) is 0 Å². The molecule has 2 heteroatoms. The highest BCUT2D eigenvalue weighted by Gasteiger charge is 2.54. The van der Waals surface area contributed by atoms with E-state index in [9.17, 15) is 4.79 Å². The Kier molecular flexibility index (Phi) is 1.71. The number of hydrogen-bond donors (Lipinski definition) is 0. The van der Waals surface area contributed by atoms with E-state index in [4.69, 9.17) is 4.74 Å². The van der Waals surface area contributed by atoms with Crippen LogP contribution in [0, 0.1) is 11.3 Å². The third-order valence-corrected chi connectivity index (χ3v) is 2.40. The molecule has 0 amide bonds. The van der Waals surface area contributed by atoms with Gasteiger partial charge in [-0.05, 0) is 26.2 Å². The Hall–Kier alpha value is -0.530. The highest BCUT2D eigenvalue weighted by molar-refractivity contribution is 5.79.